The molecule has 0 bridgehead atoms. The largest absolute Gasteiger partial charge is 0.435 e. The number of hydrogen-bond donors (Lipinski definition) is 2. The number of halogens is 12. The fraction of sp³-hybridized carbons (Fsp3) is 0.333. The molecule has 0 radical (unpaired) electrons. The Labute approximate surface area is 439 Å². The molecule has 4 saturated heterocycles. The van der Waals surface area contributed by atoms with Gasteiger partial charge >= 0.3 is 24.7 Å². The van der Waals surface area contributed by atoms with Crippen molar-refractivity contribution in [3.63, 3.8) is 0 Å². The first-order valence-corrected chi connectivity index (χ1v) is 24.8. The van der Waals surface area contributed by atoms with Gasteiger partial charge in [-0.15, -0.1) is 0 Å². The van der Waals surface area contributed by atoms with Crippen LogP contribution in [0.3, 0.4) is 0 Å². The van der Waals surface area contributed by atoms with E-state index in [-0.39, 0.29) is 36.3 Å². The zero-order valence-corrected chi connectivity index (χ0v) is 41.3. The summed E-state index contributed by atoms with van der Waals surface area (Å²) in [7, 11) is 0. The summed E-state index contributed by atoms with van der Waals surface area (Å²) in [5, 5.41) is 20.6. The van der Waals surface area contributed by atoms with E-state index in [1.807, 2.05) is 72.8 Å². The first-order valence-electron chi connectivity index (χ1n) is 24.8. The van der Waals surface area contributed by atoms with E-state index in [4.69, 9.17) is 0 Å². The van der Waals surface area contributed by atoms with Crippen LogP contribution in [0, 0.1) is 0 Å². The highest BCUT2D eigenvalue weighted by Crippen LogP contribution is 2.40. The van der Waals surface area contributed by atoms with Crippen molar-refractivity contribution in [2.24, 2.45) is 0 Å². The lowest BCUT2D eigenvalue weighted by Gasteiger charge is -2.45. The molecule has 4 aliphatic heterocycles. The maximum absolute atomic E-state index is 13.1. The number of nitrogens with zero attached hydrogens (tertiary/aromatic N) is 10. The zero-order chi connectivity index (χ0) is 55.2. The quantitative estimate of drug-likeness (QED) is 0.131. The molecular formula is C54H52F12N12. The van der Waals surface area contributed by atoms with Crippen LogP contribution in [0.2, 0.25) is 0 Å². The number of nitrogens with one attached hydrogen (secondary N) is 2. The number of likely N-dealkylation sites (tertiary alicyclic amines) is 2. The van der Waals surface area contributed by atoms with Gasteiger partial charge in [0.2, 0.25) is 0 Å². The van der Waals surface area contributed by atoms with Gasteiger partial charge in [0, 0.05) is 77.1 Å². The third-order valence-corrected chi connectivity index (χ3v) is 13.7. The molecule has 4 aromatic carbocycles. The van der Waals surface area contributed by atoms with Crippen LogP contribution >= 0.6 is 0 Å². The van der Waals surface area contributed by atoms with Crippen LogP contribution in [0.15, 0.2) is 170 Å². The van der Waals surface area contributed by atoms with Crippen molar-refractivity contribution >= 4 is 0 Å². The average Bonchev–Trinajstić information content (AvgIpc) is 4.32. The molecular weight excluding hydrogens is 1040 g/mol. The Balaban J connectivity index is 0.000000133. The molecule has 24 heteroatoms. The summed E-state index contributed by atoms with van der Waals surface area (Å²) >= 11 is 0. The molecule has 12 nitrogen and oxygen atoms in total. The maximum atomic E-state index is 13.1. The maximum Gasteiger partial charge on any atom is 0.435 e. The molecule has 8 heterocycles. The van der Waals surface area contributed by atoms with Gasteiger partial charge in [-0.1, -0.05) is 121 Å². The van der Waals surface area contributed by atoms with E-state index >= 15 is 0 Å². The van der Waals surface area contributed by atoms with Crippen LogP contribution in [0.5, 0.6) is 0 Å². The van der Waals surface area contributed by atoms with Crippen LogP contribution in [0.25, 0.3) is 0 Å². The molecule has 0 amide bonds. The Bertz CT molecular complexity index is 3020. The van der Waals surface area contributed by atoms with Crippen molar-refractivity contribution in [3.05, 3.63) is 215 Å². The molecule has 0 aliphatic carbocycles. The lowest BCUT2D eigenvalue weighted by molar-refractivity contribution is -0.147. The highest BCUT2D eigenvalue weighted by Gasteiger charge is 2.43. The predicted octanol–water partition coefficient (Wildman–Crippen LogP) is 11.2. The molecule has 78 heavy (non-hydrogen) atoms. The second-order valence-electron chi connectivity index (χ2n) is 19.0. The van der Waals surface area contributed by atoms with Crippen LogP contribution in [0.1, 0.15) is 81.3 Å². The van der Waals surface area contributed by atoms with Gasteiger partial charge in [0.05, 0.1) is 36.3 Å². The molecule has 0 saturated carbocycles. The van der Waals surface area contributed by atoms with Gasteiger partial charge in [0.15, 0.2) is 11.4 Å². The summed E-state index contributed by atoms with van der Waals surface area (Å²) in [6.45, 7) is 4.88. The third-order valence-electron chi connectivity index (χ3n) is 13.7. The van der Waals surface area contributed by atoms with Crippen LogP contribution < -0.4 is 10.6 Å². The number of hydrogen-bond acceptors (Lipinski definition) is 8. The van der Waals surface area contributed by atoms with Crippen LogP contribution in [0.4, 0.5) is 52.7 Å². The topological polar surface area (TPSA) is 102 Å². The first-order chi connectivity index (χ1) is 37.2. The van der Waals surface area contributed by atoms with Crippen molar-refractivity contribution in [1.29, 1.82) is 0 Å². The van der Waals surface area contributed by atoms with Crippen molar-refractivity contribution < 1.29 is 52.7 Å². The predicted molar refractivity (Wildman–Crippen MR) is 263 cm³/mol. The van der Waals surface area contributed by atoms with Gasteiger partial charge in [0.25, 0.3) is 0 Å². The number of alkyl halides is 12. The zero-order valence-electron chi connectivity index (χ0n) is 41.3. The van der Waals surface area contributed by atoms with E-state index in [2.05, 4.69) is 89.4 Å². The van der Waals surface area contributed by atoms with Crippen molar-refractivity contribution in [1.82, 2.24) is 59.6 Å². The molecule has 0 unspecified atom stereocenters. The van der Waals surface area contributed by atoms with E-state index in [0.717, 1.165) is 44.8 Å². The van der Waals surface area contributed by atoms with E-state index in [9.17, 15) is 52.7 Å². The fourth-order valence-corrected chi connectivity index (χ4v) is 9.44. The summed E-state index contributed by atoms with van der Waals surface area (Å²) in [5.74, 6) is 0. The standard InChI is InChI=1S/2C20H18F3N3.2C7H8F3N3/c21-20(22,23)18-11-12-26(24-18)17-13-25(14-17)19(15-7-3-1-4-8-15)16-9-5-2-6-10-16;21-20(22,23)18-11-12-24-26(18)17-13-25(14-17)19(15-7-3-1-4-8-15)16-9-5-2-6-10-16;8-7(9,10)6-1-2-13(12-6)5-3-11-4-5;8-7(9,10)6-1-2-12-13(6)5-3-11-4-5/h2*1-12,17,19H,13-14H2;2*1-2,5,11H,3-4H2. The van der Waals surface area contributed by atoms with E-state index in [1.54, 1.807) is 0 Å². The fourth-order valence-electron chi connectivity index (χ4n) is 9.44. The van der Waals surface area contributed by atoms with Gasteiger partial charge in [-0.05, 0) is 46.5 Å². The van der Waals surface area contributed by atoms with Crippen molar-refractivity contribution in [2.45, 2.75) is 61.0 Å². The summed E-state index contributed by atoms with van der Waals surface area (Å²) in [6, 6.07) is 44.2. The van der Waals surface area contributed by atoms with Crippen LogP contribution in [-0.2, 0) is 24.7 Å². The minimum atomic E-state index is -4.40. The first kappa shape index (κ1) is 55.5. The number of aromatic nitrogens is 8. The smallest absolute Gasteiger partial charge is 0.312 e. The second-order valence-corrected chi connectivity index (χ2v) is 19.0. The van der Waals surface area contributed by atoms with Crippen molar-refractivity contribution in [2.75, 3.05) is 52.4 Å². The normalized spacial score (nSPS) is 16.9. The molecule has 4 aliphatic rings. The molecule has 412 valence electrons. The average molecular weight is 1100 g/mol. The summed E-state index contributed by atoms with van der Waals surface area (Å²) in [4.78, 5) is 4.46. The monoisotopic (exact) mass is 1100 g/mol. The molecule has 12 rings (SSSR count). The van der Waals surface area contributed by atoms with E-state index in [1.165, 1.54) is 45.3 Å². The van der Waals surface area contributed by atoms with Gasteiger partial charge in [-0.2, -0.15) is 73.1 Å². The number of benzene rings is 4. The lowest BCUT2D eigenvalue weighted by Crippen LogP contribution is -2.50. The molecule has 4 fully saturated rings. The Morgan fingerprint density at radius 1 is 0.372 bits per heavy atom. The highest BCUT2D eigenvalue weighted by molar-refractivity contribution is 5.34. The molecule has 4 aromatic heterocycles. The van der Waals surface area contributed by atoms with E-state index in [0.29, 0.717) is 52.4 Å². The number of rotatable bonds is 10. The second kappa shape index (κ2) is 23.4. The molecule has 2 N–H and O–H groups in total. The van der Waals surface area contributed by atoms with Gasteiger partial charge < -0.3 is 10.6 Å². The Kier molecular flexibility index (Phi) is 16.6. The Hall–Kier alpha value is -7.28. The molecule has 0 atom stereocenters. The Morgan fingerprint density at radius 2 is 0.692 bits per heavy atom. The molecule has 8 aromatic rings. The van der Waals surface area contributed by atoms with Crippen molar-refractivity contribution in [3.8, 4) is 0 Å². The Morgan fingerprint density at radius 3 is 0.987 bits per heavy atom. The van der Waals surface area contributed by atoms with E-state index < -0.39 is 47.5 Å². The highest BCUT2D eigenvalue weighted by atomic mass is 19.4. The van der Waals surface area contributed by atoms with Crippen LogP contribution in [-0.4, -0.2) is 101 Å². The minimum Gasteiger partial charge on any atom is -0.312 e. The molecule has 0 spiro atoms. The van der Waals surface area contributed by atoms with Gasteiger partial charge in [-0.3, -0.25) is 28.5 Å². The lowest BCUT2D eigenvalue weighted by atomic mass is 9.93. The summed E-state index contributed by atoms with van der Waals surface area (Å²) in [6.07, 6.45) is -12.2. The summed E-state index contributed by atoms with van der Waals surface area (Å²) in [5.41, 5.74) is 1.61. The summed E-state index contributed by atoms with van der Waals surface area (Å²) < 4.78 is 156. The third kappa shape index (κ3) is 13.2. The van der Waals surface area contributed by atoms with Gasteiger partial charge in [-0.25, -0.2) is 0 Å². The minimum absolute atomic E-state index is 0.0264. The van der Waals surface area contributed by atoms with Gasteiger partial charge in [0.1, 0.15) is 11.4 Å². The SMILES string of the molecule is FC(F)(F)c1ccn(C2CN(C(c3ccccc3)c3ccccc3)C2)n1.FC(F)(F)c1ccn(C2CNC2)n1.FC(F)(F)c1ccnn1C1CN(C(c2ccccc2)c2ccccc2)C1.FC(F)(F)c1ccnn1C1CNC1.